The molecule has 1 aliphatic rings. The van der Waals surface area contributed by atoms with Crippen LogP contribution in [0.1, 0.15) is 12.0 Å². The summed E-state index contributed by atoms with van der Waals surface area (Å²) in [4.78, 5) is 4.38. The van der Waals surface area contributed by atoms with Crippen LogP contribution in [0.15, 0.2) is 23.2 Å². The monoisotopic (exact) mass is 169 g/mol. The molecular formula is C12H11N. The fourth-order valence-corrected chi connectivity index (χ4v) is 1.40. The van der Waals surface area contributed by atoms with Gasteiger partial charge in [0.05, 0.1) is 5.36 Å². The minimum Gasteiger partial charge on any atom is -0.272 e. The van der Waals surface area contributed by atoms with Gasteiger partial charge in [0.1, 0.15) is 6.54 Å². The number of fused-ring (bicyclic) bond motifs is 1. The quantitative estimate of drug-likeness (QED) is 0.509. The van der Waals surface area contributed by atoms with Crippen molar-refractivity contribution in [1.82, 2.24) is 0 Å². The van der Waals surface area contributed by atoms with E-state index in [-0.39, 0.29) is 0 Å². The fourth-order valence-electron chi connectivity index (χ4n) is 1.40. The second-order valence-corrected chi connectivity index (χ2v) is 3.14. The molecule has 0 fully saturated rings. The zero-order valence-corrected chi connectivity index (χ0v) is 7.67. The van der Waals surface area contributed by atoms with Crippen molar-refractivity contribution >= 4 is 6.08 Å². The molecule has 0 N–H and O–H groups in total. The molecule has 0 atom stereocenters. The van der Waals surface area contributed by atoms with Crippen LogP contribution in [0.4, 0.5) is 0 Å². The highest BCUT2D eigenvalue weighted by Gasteiger charge is 1.89. The van der Waals surface area contributed by atoms with Crippen molar-refractivity contribution in [3.8, 4) is 11.8 Å². The number of nitrogens with zero attached hydrogens (tertiary/aromatic N) is 1. The molecule has 0 spiro atoms. The Balaban J connectivity index is 2.70. The Labute approximate surface area is 77.8 Å². The third-order valence-corrected chi connectivity index (χ3v) is 2.06. The molecule has 1 aromatic rings. The molecular weight excluding hydrogens is 158 g/mol. The van der Waals surface area contributed by atoms with E-state index in [9.17, 15) is 0 Å². The maximum absolute atomic E-state index is 4.38. The second-order valence-electron chi connectivity index (χ2n) is 3.14. The lowest BCUT2D eigenvalue weighted by Gasteiger charge is -1.94. The Morgan fingerprint density at radius 1 is 1.31 bits per heavy atom. The van der Waals surface area contributed by atoms with Crippen molar-refractivity contribution < 1.29 is 0 Å². The van der Waals surface area contributed by atoms with Gasteiger partial charge >= 0.3 is 0 Å². The molecule has 0 saturated carbocycles. The SMILES string of the molecule is Cc1ccc2/c(c1)=C\CC#CC/N=2. The summed E-state index contributed by atoms with van der Waals surface area (Å²) in [5.74, 6) is 6.04. The fraction of sp³-hybridized carbons (Fsp3) is 0.250. The van der Waals surface area contributed by atoms with Crippen molar-refractivity contribution in [2.24, 2.45) is 4.99 Å². The van der Waals surface area contributed by atoms with E-state index in [0.29, 0.717) is 6.54 Å². The average Bonchev–Trinajstić information content (AvgIpc) is 2.08. The minimum absolute atomic E-state index is 0.629. The largest absolute Gasteiger partial charge is 0.272 e. The summed E-state index contributed by atoms with van der Waals surface area (Å²) in [6.45, 7) is 2.72. The van der Waals surface area contributed by atoms with Crippen LogP contribution >= 0.6 is 0 Å². The maximum Gasteiger partial charge on any atom is 0.100 e. The van der Waals surface area contributed by atoms with Gasteiger partial charge in [-0.05, 0) is 18.2 Å². The lowest BCUT2D eigenvalue weighted by molar-refractivity contribution is 1.14. The van der Waals surface area contributed by atoms with E-state index in [4.69, 9.17) is 0 Å². The number of benzene rings is 1. The highest BCUT2D eigenvalue weighted by Crippen LogP contribution is 1.88. The molecule has 0 bridgehead atoms. The first-order valence-electron chi connectivity index (χ1n) is 4.43. The Kier molecular flexibility index (Phi) is 2.14. The third kappa shape index (κ3) is 1.78. The second kappa shape index (κ2) is 3.45. The van der Waals surface area contributed by atoms with Crippen LogP contribution in [0.25, 0.3) is 6.08 Å². The molecule has 1 nitrogen and oxygen atoms in total. The van der Waals surface area contributed by atoms with Crippen LogP contribution in [0, 0.1) is 18.8 Å². The molecule has 13 heavy (non-hydrogen) atoms. The highest BCUT2D eigenvalue weighted by molar-refractivity contribution is 5.32. The van der Waals surface area contributed by atoms with E-state index in [2.05, 4.69) is 48.0 Å². The van der Waals surface area contributed by atoms with Crippen LogP contribution in [-0.4, -0.2) is 6.54 Å². The summed E-state index contributed by atoms with van der Waals surface area (Å²) in [5.41, 5.74) is 1.28. The molecule has 1 aromatic carbocycles. The normalized spacial score (nSPS) is 18.8. The van der Waals surface area contributed by atoms with Gasteiger partial charge in [0.2, 0.25) is 0 Å². The van der Waals surface area contributed by atoms with Gasteiger partial charge in [-0.25, -0.2) is 0 Å². The molecule has 0 radical (unpaired) electrons. The lowest BCUT2D eigenvalue weighted by atomic mass is 10.1. The summed E-state index contributed by atoms with van der Waals surface area (Å²) in [6.07, 6.45) is 2.98. The van der Waals surface area contributed by atoms with Gasteiger partial charge in [0.15, 0.2) is 0 Å². The van der Waals surface area contributed by atoms with Crippen LogP contribution in [0.3, 0.4) is 0 Å². The predicted octanol–water partition coefficient (Wildman–Crippen LogP) is 0.802. The van der Waals surface area contributed by atoms with Gasteiger partial charge in [-0.15, -0.1) is 0 Å². The van der Waals surface area contributed by atoms with E-state index in [1.807, 2.05) is 0 Å². The van der Waals surface area contributed by atoms with E-state index in [0.717, 1.165) is 11.8 Å². The van der Waals surface area contributed by atoms with Crippen LogP contribution in [0.5, 0.6) is 0 Å². The zero-order chi connectivity index (χ0) is 9.10. The topological polar surface area (TPSA) is 12.4 Å². The van der Waals surface area contributed by atoms with E-state index in [1.165, 1.54) is 10.8 Å². The van der Waals surface area contributed by atoms with Crippen LogP contribution in [-0.2, 0) is 0 Å². The van der Waals surface area contributed by atoms with Gasteiger partial charge < -0.3 is 0 Å². The summed E-state index contributed by atoms with van der Waals surface area (Å²) in [6, 6.07) is 6.31. The summed E-state index contributed by atoms with van der Waals surface area (Å²) in [5, 5.41) is 2.29. The van der Waals surface area contributed by atoms with E-state index in [1.54, 1.807) is 0 Å². The van der Waals surface area contributed by atoms with Gasteiger partial charge in [0, 0.05) is 6.42 Å². The molecule has 1 heterocycles. The van der Waals surface area contributed by atoms with Crippen molar-refractivity contribution in [2.45, 2.75) is 13.3 Å². The number of aryl methyl sites for hydroxylation is 1. The van der Waals surface area contributed by atoms with Crippen LogP contribution in [0.2, 0.25) is 0 Å². The van der Waals surface area contributed by atoms with Crippen molar-refractivity contribution in [1.29, 1.82) is 0 Å². The predicted molar refractivity (Wildman–Crippen MR) is 53.7 cm³/mol. The number of hydrogen-bond donors (Lipinski definition) is 0. The first kappa shape index (κ1) is 8.07. The summed E-state index contributed by atoms with van der Waals surface area (Å²) >= 11 is 0. The van der Waals surface area contributed by atoms with Gasteiger partial charge in [-0.1, -0.05) is 35.6 Å². The zero-order valence-electron chi connectivity index (χ0n) is 7.67. The van der Waals surface area contributed by atoms with Crippen molar-refractivity contribution in [3.05, 3.63) is 34.3 Å². The van der Waals surface area contributed by atoms with Crippen molar-refractivity contribution in [2.75, 3.05) is 6.54 Å². The molecule has 0 aromatic heterocycles. The standard InChI is InChI=1S/C12H11N/c1-10-6-7-12-11(9-10)5-3-2-4-8-13-12/h5-7,9H,3,8H2,1H3/b11-5-,13-12+. The first-order chi connectivity index (χ1) is 6.36. The molecule has 0 saturated heterocycles. The minimum atomic E-state index is 0.629. The molecule has 0 amide bonds. The Bertz CT molecular complexity index is 486. The molecule has 0 unspecified atom stereocenters. The Morgan fingerprint density at radius 3 is 3.15 bits per heavy atom. The maximum atomic E-state index is 4.38. The van der Waals surface area contributed by atoms with Gasteiger partial charge in [-0.2, -0.15) is 0 Å². The lowest BCUT2D eigenvalue weighted by Crippen LogP contribution is -2.25. The molecule has 64 valence electrons. The van der Waals surface area contributed by atoms with Crippen LogP contribution < -0.4 is 10.6 Å². The number of rotatable bonds is 0. The molecule has 2 rings (SSSR count). The van der Waals surface area contributed by atoms with Gasteiger partial charge in [-0.3, -0.25) is 4.99 Å². The summed E-state index contributed by atoms with van der Waals surface area (Å²) in [7, 11) is 0. The third-order valence-electron chi connectivity index (χ3n) is 2.06. The van der Waals surface area contributed by atoms with E-state index >= 15 is 0 Å². The number of hydrogen-bond acceptors (Lipinski definition) is 1. The molecule has 1 heteroatoms. The van der Waals surface area contributed by atoms with Gasteiger partial charge in [0.25, 0.3) is 0 Å². The Morgan fingerprint density at radius 2 is 2.23 bits per heavy atom. The smallest absolute Gasteiger partial charge is 0.100 e. The molecule has 1 aliphatic heterocycles. The van der Waals surface area contributed by atoms with Crippen molar-refractivity contribution in [3.63, 3.8) is 0 Å². The molecule has 0 aliphatic carbocycles. The van der Waals surface area contributed by atoms with E-state index < -0.39 is 0 Å². The summed E-state index contributed by atoms with van der Waals surface area (Å²) < 4.78 is 0. The highest BCUT2D eigenvalue weighted by atomic mass is 14.7. The first-order valence-corrected chi connectivity index (χ1v) is 4.43. The average molecular weight is 169 g/mol. The Hall–Kier alpha value is -1.55.